The number of rotatable bonds is 4. The first kappa shape index (κ1) is 13.1. The van der Waals surface area contributed by atoms with Crippen molar-refractivity contribution in [3.63, 3.8) is 0 Å². The van der Waals surface area contributed by atoms with Gasteiger partial charge in [-0.1, -0.05) is 18.2 Å². The highest BCUT2D eigenvalue weighted by molar-refractivity contribution is 7.89. The van der Waals surface area contributed by atoms with E-state index in [0.717, 1.165) is 4.88 Å². The highest BCUT2D eigenvalue weighted by atomic mass is 32.2. The van der Waals surface area contributed by atoms with Crippen molar-refractivity contribution in [3.8, 4) is 0 Å². The topological polar surface area (TPSA) is 72.2 Å². The molecule has 1 atom stereocenters. The number of nitrogen functional groups attached to an aromatic ring is 1. The van der Waals surface area contributed by atoms with Gasteiger partial charge in [0.2, 0.25) is 10.0 Å². The van der Waals surface area contributed by atoms with Crippen molar-refractivity contribution < 1.29 is 8.42 Å². The minimum Gasteiger partial charge on any atom is -0.398 e. The average molecular weight is 282 g/mol. The van der Waals surface area contributed by atoms with E-state index in [-0.39, 0.29) is 16.6 Å². The van der Waals surface area contributed by atoms with E-state index >= 15 is 0 Å². The molecular weight excluding hydrogens is 268 g/mol. The summed E-state index contributed by atoms with van der Waals surface area (Å²) in [6.07, 6.45) is 0. The van der Waals surface area contributed by atoms with Crippen LogP contribution < -0.4 is 10.5 Å². The average Bonchev–Trinajstić information content (AvgIpc) is 2.82. The van der Waals surface area contributed by atoms with Gasteiger partial charge in [-0.25, -0.2) is 13.1 Å². The molecule has 1 aromatic heterocycles. The predicted molar refractivity (Wildman–Crippen MR) is 73.9 cm³/mol. The molecule has 0 saturated carbocycles. The first-order valence-electron chi connectivity index (χ1n) is 5.41. The van der Waals surface area contributed by atoms with Crippen LogP contribution in [0.2, 0.25) is 0 Å². The fraction of sp³-hybridized carbons (Fsp3) is 0.167. The van der Waals surface area contributed by atoms with Crippen molar-refractivity contribution >= 4 is 27.0 Å². The minimum absolute atomic E-state index is 0.119. The van der Waals surface area contributed by atoms with Gasteiger partial charge in [0, 0.05) is 4.88 Å². The monoisotopic (exact) mass is 282 g/mol. The Balaban J connectivity index is 2.26. The Hall–Kier alpha value is -1.37. The summed E-state index contributed by atoms with van der Waals surface area (Å²) in [5.74, 6) is 0. The molecule has 0 fully saturated rings. The lowest BCUT2D eigenvalue weighted by Gasteiger charge is -2.13. The number of sulfonamides is 1. The number of nitrogens with one attached hydrogen (secondary N) is 1. The first-order chi connectivity index (χ1) is 8.50. The van der Waals surface area contributed by atoms with Gasteiger partial charge in [-0.2, -0.15) is 0 Å². The third kappa shape index (κ3) is 2.72. The fourth-order valence-electron chi connectivity index (χ4n) is 1.62. The molecule has 1 heterocycles. The maximum absolute atomic E-state index is 12.2. The summed E-state index contributed by atoms with van der Waals surface area (Å²) in [4.78, 5) is 1.08. The van der Waals surface area contributed by atoms with Gasteiger partial charge >= 0.3 is 0 Å². The van der Waals surface area contributed by atoms with Crippen molar-refractivity contribution in [2.45, 2.75) is 17.9 Å². The Morgan fingerprint density at radius 3 is 2.56 bits per heavy atom. The second-order valence-corrected chi connectivity index (χ2v) is 6.56. The van der Waals surface area contributed by atoms with Crippen LogP contribution in [0, 0.1) is 0 Å². The first-order valence-corrected chi connectivity index (χ1v) is 7.77. The summed E-state index contributed by atoms with van der Waals surface area (Å²) in [6, 6.07) is 9.95. The van der Waals surface area contributed by atoms with E-state index in [1.54, 1.807) is 18.2 Å². The molecule has 0 saturated heterocycles. The summed E-state index contributed by atoms with van der Waals surface area (Å²) in [5.41, 5.74) is 5.94. The predicted octanol–water partition coefficient (Wildman–Crippen LogP) is 2.37. The lowest BCUT2D eigenvalue weighted by molar-refractivity contribution is 0.569. The molecule has 2 rings (SSSR count). The highest BCUT2D eigenvalue weighted by Gasteiger charge is 2.20. The fourth-order valence-corrected chi connectivity index (χ4v) is 3.78. The summed E-state index contributed by atoms with van der Waals surface area (Å²) in [5, 5.41) is 1.91. The Kier molecular flexibility index (Phi) is 3.70. The van der Waals surface area contributed by atoms with Crippen LogP contribution >= 0.6 is 11.3 Å². The van der Waals surface area contributed by atoms with E-state index in [9.17, 15) is 8.42 Å². The quantitative estimate of drug-likeness (QED) is 0.846. The number of hydrogen-bond donors (Lipinski definition) is 2. The smallest absolute Gasteiger partial charge is 0.243 e. The van der Waals surface area contributed by atoms with E-state index in [1.807, 2.05) is 24.4 Å². The van der Waals surface area contributed by atoms with Crippen LogP contribution in [0.3, 0.4) is 0 Å². The van der Waals surface area contributed by atoms with Crippen molar-refractivity contribution in [2.75, 3.05) is 5.73 Å². The maximum Gasteiger partial charge on any atom is 0.243 e. The van der Waals surface area contributed by atoms with E-state index in [0.29, 0.717) is 0 Å². The molecule has 0 aliphatic heterocycles. The standard InChI is InChI=1S/C12H14N2O2S2/c1-9(11-6-4-8-17-11)14-18(15,16)12-7-3-2-5-10(12)13/h2-9,14H,13H2,1H3. The molecule has 4 nitrogen and oxygen atoms in total. The number of nitrogens with two attached hydrogens (primary N) is 1. The van der Waals surface area contributed by atoms with Gasteiger partial charge in [0.25, 0.3) is 0 Å². The lowest BCUT2D eigenvalue weighted by atomic mass is 10.3. The minimum atomic E-state index is -3.58. The Bertz CT molecular complexity index is 621. The van der Waals surface area contributed by atoms with Gasteiger partial charge in [-0.3, -0.25) is 0 Å². The summed E-state index contributed by atoms with van der Waals surface area (Å²) < 4.78 is 27.0. The normalized spacial score (nSPS) is 13.4. The maximum atomic E-state index is 12.2. The molecule has 0 aliphatic rings. The summed E-state index contributed by atoms with van der Waals surface area (Å²) in [7, 11) is -3.58. The lowest BCUT2D eigenvalue weighted by Crippen LogP contribution is -2.27. The molecule has 1 aromatic carbocycles. The van der Waals surface area contributed by atoms with Gasteiger partial charge < -0.3 is 5.73 Å². The Morgan fingerprint density at radius 2 is 1.94 bits per heavy atom. The van der Waals surface area contributed by atoms with Gasteiger partial charge in [0.1, 0.15) is 4.90 Å². The van der Waals surface area contributed by atoms with Gasteiger partial charge in [-0.15, -0.1) is 11.3 Å². The van der Waals surface area contributed by atoms with E-state index in [4.69, 9.17) is 5.73 Å². The number of hydrogen-bond acceptors (Lipinski definition) is 4. The van der Waals surface area contributed by atoms with Crippen molar-refractivity contribution in [2.24, 2.45) is 0 Å². The van der Waals surface area contributed by atoms with Gasteiger partial charge in [0.05, 0.1) is 11.7 Å². The highest BCUT2D eigenvalue weighted by Crippen LogP contribution is 2.23. The van der Waals surface area contributed by atoms with Gasteiger partial charge in [0.15, 0.2) is 0 Å². The second-order valence-electron chi connectivity index (χ2n) is 3.90. The largest absolute Gasteiger partial charge is 0.398 e. The molecule has 1 unspecified atom stereocenters. The molecule has 0 radical (unpaired) electrons. The van der Waals surface area contributed by atoms with Gasteiger partial charge in [-0.05, 0) is 30.5 Å². The summed E-state index contributed by atoms with van der Waals surface area (Å²) >= 11 is 1.51. The Labute approximate surface area is 111 Å². The third-order valence-corrected chi connectivity index (χ3v) is 5.18. The zero-order valence-corrected chi connectivity index (χ0v) is 11.5. The Morgan fingerprint density at radius 1 is 1.22 bits per heavy atom. The zero-order chi connectivity index (χ0) is 13.2. The molecule has 0 aliphatic carbocycles. The van der Waals surface area contributed by atoms with E-state index < -0.39 is 10.0 Å². The molecule has 96 valence electrons. The molecule has 0 amide bonds. The van der Waals surface area contributed by atoms with Crippen molar-refractivity contribution in [1.29, 1.82) is 0 Å². The van der Waals surface area contributed by atoms with Crippen molar-refractivity contribution in [1.82, 2.24) is 4.72 Å². The van der Waals surface area contributed by atoms with Crippen LogP contribution in [0.15, 0.2) is 46.7 Å². The van der Waals surface area contributed by atoms with Crippen molar-refractivity contribution in [3.05, 3.63) is 46.7 Å². The number of thiophene rings is 1. The van der Waals surface area contributed by atoms with Crippen LogP contribution in [0.1, 0.15) is 17.8 Å². The number of anilines is 1. The molecule has 18 heavy (non-hydrogen) atoms. The number of para-hydroxylation sites is 1. The molecule has 0 spiro atoms. The van der Waals surface area contributed by atoms with Crippen LogP contribution in [0.5, 0.6) is 0 Å². The van der Waals surface area contributed by atoms with Crippen LogP contribution in [-0.2, 0) is 10.0 Å². The van der Waals surface area contributed by atoms with Crippen LogP contribution in [0.25, 0.3) is 0 Å². The van der Waals surface area contributed by atoms with E-state index in [1.165, 1.54) is 17.4 Å². The van der Waals surface area contributed by atoms with Crippen LogP contribution in [-0.4, -0.2) is 8.42 Å². The van der Waals surface area contributed by atoms with E-state index in [2.05, 4.69) is 4.72 Å². The zero-order valence-electron chi connectivity index (χ0n) is 9.83. The molecular formula is C12H14N2O2S2. The van der Waals surface area contributed by atoms with Crippen LogP contribution in [0.4, 0.5) is 5.69 Å². The molecule has 0 bridgehead atoms. The molecule has 6 heteroatoms. The number of benzene rings is 1. The summed E-state index contributed by atoms with van der Waals surface area (Å²) in [6.45, 7) is 1.81. The third-order valence-electron chi connectivity index (χ3n) is 2.51. The molecule has 2 aromatic rings. The SMILES string of the molecule is CC(NS(=O)(=O)c1ccccc1N)c1cccs1. The molecule has 3 N–H and O–H groups in total. The second kappa shape index (κ2) is 5.09.